The molecule has 0 unspecified atom stereocenters. The number of carbonyl (C=O) groups is 3. The third kappa shape index (κ3) is 44.8. The van der Waals surface area contributed by atoms with Gasteiger partial charge in [0.15, 0.2) is 6.10 Å². The van der Waals surface area contributed by atoms with Crippen LogP contribution >= 0.6 is 0 Å². The summed E-state index contributed by atoms with van der Waals surface area (Å²) in [7, 11) is 0. The average molecular weight is 803 g/mol. The van der Waals surface area contributed by atoms with E-state index in [2.05, 4.69) is 45.1 Å². The van der Waals surface area contributed by atoms with E-state index in [0.717, 1.165) is 64.2 Å². The molecule has 57 heavy (non-hydrogen) atoms. The summed E-state index contributed by atoms with van der Waals surface area (Å²) in [6, 6.07) is 0. The molecule has 0 radical (unpaired) electrons. The van der Waals surface area contributed by atoms with Crippen molar-refractivity contribution in [2.24, 2.45) is 0 Å². The molecule has 0 spiro atoms. The first kappa shape index (κ1) is 54.9. The molecular weight excluding hydrogens is 709 g/mol. The largest absolute Gasteiger partial charge is 0.462 e. The van der Waals surface area contributed by atoms with Crippen LogP contribution in [0.4, 0.5) is 0 Å². The zero-order valence-corrected chi connectivity index (χ0v) is 38.1. The molecule has 0 fully saturated rings. The lowest BCUT2D eigenvalue weighted by Gasteiger charge is -2.18. The second-order valence-electron chi connectivity index (χ2n) is 16.7. The van der Waals surface area contributed by atoms with Crippen LogP contribution in [0.5, 0.6) is 0 Å². The summed E-state index contributed by atoms with van der Waals surface area (Å²) in [6.45, 7) is 6.61. The Balaban J connectivity index is 4.34. The second kappa shape index (κ2) is 46.6. The molecular formula is C51H94O6. The van der Waals surface area contributed by atoms with E-state index in [9.17, 15) is 14.4 Å². The monoisotopic (exact) mass is 803 g/mol. The average Bonchev–Trinajstić information content (AvgIpc) is 3.21. The first-order valence-electron chi connectivity index (χ1n) is 24.8. The van der Waals surface area contributed by atoms with Gasteiger partial charge in [0.2, 0.25) is 0 Å². The van der Waals surface area contributed by atoms with Gasteiger partial charge in [-0.3, -0.25) is 14.4 Å². The predicted molar refractivity (Wildman–Crippen MR) is 243 cm³/mol. The van der Waals surface area contributed by atoms with Crippen molar-refractivity contribution in [3.63, 3.8) is 0 Å². The Labute approximate surface area is 353 Å². The highest BCUT2D eigenvalue weighted by Crippen LogP contribution is 2.15. The highest BCUT2D eigenvalue weighted by atomic mass is 16.6. The van der Waals surface area contributed by atoms with Gasteiger partial charge in [-0.2, -0.15) is 0 Å². The summed E-state index contributed by atoms with van der Waals surface area (Å²) >= 11 is 0. The Bertz CT molecular complexity index is 927. The Morgan fingerprint density at radius 3 is 0.895 bits per heavy atom. The number of carbonyl (C=O) groups excluding carboxylic acids is 3. The molecule has 0 bridgehead atoms. The van der Waals surface area contributed by atoms with E-state index in [0.29, 0.717) is 19.3 Å². The van der Waals surface area contributed by atoms with Crippen molar-refractivity contribution in [2.75, 3.05) is 13.2 Å². The van der Waals surface area contributed by atoms with Crippen LogP contribution in [0.15, 0.2) is 24.3 Å². The summed E-state index contributed by atoms with van der Waals surface area (Å²) in [6.07, 6.45) is 51.5. The molecule has 0 saturated carbocycles. The maximum atomic E-state index is 12.7. The molecule has 0 amide bonds. The number of hydrogen-bond donors (Lipinski definition) is 0. The minimum atomic E-state index is -0.770. The fourth-order valence-corrected chi connectivity index (χ4v) is 7.14. The Hall–Kier alpha value is -2.11. The maximum absolute atomic E-state index is 12.7. The smallest absolute Gasteiger partial charge is 0.306 e. The van der Waals surface area contributed by atoms with E-state index < -0.39 is 6.10 Å². The summed E-state index contributed by atoms with van der Waals surface area (Å²) in [5.41, 5.74) is 0. The standard InChI is InChI=1S/C51H94O6/c1-4-7-10-13-16-19-22-24-25-27-30-32-35-38-41-44-50(53)56-47-48(57-51(54)45-42-39-36-33-28-21-18-15-12-9-6-3)46-55-49(52)43-40-37-34-31-29-26-23-20-17-14-11-8-5-2/h19-20,22-23,48H,4-18,21,24-47H2,1-3H3/b22-19-,23-20-/t48-/m1/s1. The lowest BCUT2D eigenvalue weighted by Crippen LogP contribution is -2.30. The zero-order valence-electron chi connectivity index (χ0n) is 38.1. The number of allylic oxidation sites excluding steroid dienone is 4. The molecule has 0 aliphatic rings. The van der Waals surface area contributed by atoms with Crippen LogP contribution in [-0.2, 0) is 28.6 Å². The van der Waals surface area contributed by atoms with Crippen molar-refractivity contribution in [3.05, 3.63) is 24.3 Å². The molecule has 0 aromatic rings. The zero-order chi connectivity index (χ0) is 41.5. The van der Waals surface area contributed by atoms with Crippen molar-refractivity contribution < 1.29 is 28.6 Å². The van der Waals surface area contributed by atoms with Gasteiger partial charge in [0.1, 0.15) is 13.2 Å². The van der Waals surface area contributed by atoms with Crippen LogP contribution in [-0.4, -0.2) is 37.2 Å². The third-order valence-corrected chi connectivity index (χ3v) is 10.9. The molecule has 0 rings (SSSR count). The highest BCUT2D eigenvalue weighted by Gasteiger charge is 2.19. The van der Waals surface area contributed by atoms with Gasteiger partial charge in [0.05, 0.1) is 0 Å². The van der Waals surface area contributed by atoms with E-state index in [-0.39, 0.29) is 31.1 Å². The first-order chi connectivity index (χ1) is 28.0. The molecule has 334 valence electrons. The molecule has 0 saturated heterocycles. The van der Waals surface area contributed by atoms with Gasteiger partial charge in [-0.15, -0.1) is 0 Å². The fourth-order valence-electron chi connectivity index (χ4n) is 7.14. The van der Waals surface area contributed by atoms with Crippen LogP contribution in [0.2, 0.25) is 0 Å². The Kier molecular flexibility index (Phi) is 44.9. The predicted octanol–water partition coefficient (Wildman–Crippen LogP) is 16.0. The van der Waals surface area contributed by atoms with E-state index in [1.54, 1.807) is 0 Å². The number of ether oxygens (including phenoxy) is 3. The molecule has 0 aromatic heterocycles. The second-order valence-corrected chi connectivity index (χ2v) is 16.7. The van der Waals surface area contributed by atoms with E-state index in [1.807, 2.05) is 0 Å². The maximum Gasteiger partial charge on any atom is 0.306 e. The summed E-state index contributed by atoms with van der Waals surface area (Å²) in [5, 5.41) is 0. The van der Waals surface area contributed by atoms with Gasteiger partial charge in [0, 0.05) is 19.3 Å². The first-order valence-corrected chi connectivity index (χ1v) is 24.8. The molecule has 0 aromatic carbocycles. The number of hydrogen-bond acceptors (Lipinski definition) is 6. The van der Waals surface area contributed by atoms with Crippen LogP contribution in [0.1, 0.15) is 265 Å². The molecule has 0 N–H and O–H groups in total. The summed E-state index contributed by atoms with van der Waals surface area (Å²) in [5.74, 6) is -0.877. The number of rotatable bonds is 45. The SMILES string of the molecule is CCCCCC/C=C\CCCCCCCCCC(=O)OC[C@@H](COC(=O)CCCCCCC/C=C\CCCCCC)OC(=O)CCCCCCCCCCCCC. The van der Waals surface area contributed by atoms with Crippen LogP contribution in [0.25, 0.3) is 0 Å². The molecule has 1 atom stereocenters. The van der Waals surface area contributed by atoms with Crippen molar-refractivity contribution in [3.8, 4) is 0 Å². The van der Waals surface area contributed by atoms with Crippen molar-refractivity contribution >= 4 is 17.9 Å². The quantitative estimate of drug-likeness (QED) is 0.0264. The van der Waals surface area contributed by atoms with Crippen LogP contribution in [0.3, 0.4) is 0 Å². The topological polar surface area (TPSA) is 78.9 Å². The fraction of sp³-hybridized carbons (Fsp3) is 0.863. The molecule has 6 nitrogen and oxygen atoms in total. The van der Waals surface area contributed by atoms with Gasteiger partial charge in [-0.1, -0.05) is 199 Å². The van der Waals surface area contributed by atoms with Gasteiger partial charge in [0.25, 0.3) is 0 Å². The summed E-state index contributed by atoms with van der Waals surface area (Å²) < 4.78 is 16.8. The third-order valence-electron chi connectivity index (χ3n) is 10.9. The normalized spacial score (nSPS) is 12.1. The van der Waals surface area contributed by atoms with Gasteiger partial charge in [-0.05, 0) is 70.6 Å². The highest BCUT2D eigenvalue weighted by molar-refractivity contribution is 5.71. The number of unbranched alkanes of at least 4 members (excludes halogenated alkanes) is 30. The van der Waals surface area contributed by atoms with E-state index in [1.165, 1.54) is 161 Å². The van der Waals surface area contributed by atoms with Gasteiger partial charge >= 0.3 is 17.9 Å². The van der Waals surface area contributed by atoms with Crippen molar-refractivity contribution in [1.29, 1.82) is 0 Å². The van der Waals surface area contributed by atoms with Gasteiger partial charge in [-0.25, -0.2) is 0 Å². The molecule has 0 aliphatic carbocycles. The Morgan fingerprint density at radius 2 is 0.579 bits per heavy atom. The lowest BCUT2D eigenvalue weighted by atomic mass is 10.1. The molecule has 0 heterocycles. The van der Waals surface area contributed by atoms with E-state index in [4.69, 9.17) is 14.2 Å². The minimum absolute atomic E-state index is 0.0729. The van der Waals surface area contributed by atoms with Crippen molar-refractivity contribution in [1.82, 2.24) is 0 Å². The van der Waals surface area contributed by atoms with Crippen molar-refractivity contribution in [2.45, 2.75) is 271 Å². The van der Waals surface area contributed by atoms with Crippen LogP contribution < -0.4 is 0 Å². The van der Waals surface area contributed by atoms with Gasteiger partial charge < -0.3 is 14.2 Å². The lowest BCUT2D eigenvalue weighted by molar-refractivity contribution is -0.167. The number of esters is 3. The summed E-state index contributed by atoms with van der Waals surface area (Å²) in [4.78, 5) is 37.8. The molecule has 6 heteroatoms. The van der Waals surface area contributed by atoms with Crippen LogP contribution in [0, 0.1) is 0 Å². The van der Waals surface area contributed by atoms with E-state index >= 15 is 0 Å². The minimum Gasteiger partial charge on any atom is -0.462 e. The Morgan fingerprint density at radius 1 is 0.333 bits per heavy atom. The molecule has 0 aliphatic heterocycles.